The van der Waals surface area contributed by atoms with E-state index in [0.717, 1.165) is 6.42 Å². The molecule has 1 N–H and O–H groups in total. The number of carbonyl (C=O) groups excluding carboxylic acids is 1. The molecule has 0 spiro atoms. The minimum atomic E-state index is -0.00220. The highest BCUT2D eigenvalue weighted by Gasteiger charge is 2.18. The second-order valence-electron chi connectivity index (χ2n) is 6.09. The molecule has 0 heterocycles. The minimum Gasteiger partial charge on any atom is -0.342 e. The number of nitrogens with zero attached hydrogens (tertiary/aromatic N) is 1. The third kappa shape index (κ3) is 6.83. The average Bonchev–Trinajstić information content (AvgIpc) is 2.10. The molecule has 0 saturated carbocycles. The first-order valence-electron chi connectivity index (χ1n) is 6.14. The van der Waals surface area contributed by atoms with E-state index in [1.54, 1.807) is 0 Å². The van der Waals surface area contributed by atoms with Crippen LogP contribution in [-0.2, 0) is 4.79 Å². The maximum absolute atomic E-state index is 11.9. The molecule has 0 bridgehead atoms. The summed E-state index contributed by atoms with van der Waals surface area (Å²) in [5.41, 5.74) is -0.00220. The molecule has 1 unspecified atom stereocenters. The molecular weight excluding hydrogens is 200 g/mol. The summed E-state index contributed by atoms with van der Waals surface area (Å²) in [4.78, 5) is 13.7. The molecule has 0 aliphatic heterocycles. The lowest BCUT2D eigenvalue weighted by Gasteiger charge is -2.28. The summed E-state index contributed by atoms with van der Waals surface area (Å²) >= 11 is 0. The number of hydrogen-bond acceptors (Lipinski definition) is 2. The predicted molar refractivity (Wildman–Crippen MR) is 69.4 cm³/mol. The van der Waals surface area contributed by atoms with Gasteiger partial charge in [-0.2, -0.15) is 0 Å². The van der Waals surface area contributed by atoms with Gasteiger partial charge in [-0.3, -0.25) is 4.79 Å². The van der Waals surface area contributed by atoms with E-state index < -0.39 is 0 Å². The van der Waals surface area contributed by atoms with Gasteiger partial charge < -0.3 is 10.2 Å². The Balaban J connectivity index is 4.08. The third-order valence-corrected chi connectivity index (χ3v) is 2.64. The largest absolute Gasteiger partial charge is 0.342 e. The van der Waals surface area contributed by atoms with Gasteiger partial charge in [0.15, 0.2) is 0 Å². The summed E-state index contributed by atoms with van der Waals surface area (Å²) in [6.07, 6.45) is 1.05. The standard InChI is InChI=1S/C13H28N2O/c1-10(2)8-11(3)15(7)12(16)9-14-13(4,5)6/h10-11,14H,8-9H2,1-7H3. The second kappa shape index (κ2) is 6.24. The summed E-state index contributed by atoms with van der Waals surface area (Å²) < 4.78 is 0. The van der Waals surface area contributed by atoms with Crippen LogP contribution in [0.25, 0.3) is 0 Å². The lowest BCUT2D eigenvalue weighted by molar-refractivity contribution is -0.131. The molecule has 0 fully saturated rings. The van der Waals surface area contributed by atoms with Crippen molar-refractivity contribution in [3.05, 3.63) is 0 Å². The lowest BCUT2D eigenvalue weighted by Crippen LogP contribution is -2.46. The van der Waals surface area contributed by atoms with E-state index in [-0.39, 0.29) is 11.4 Å². The maximum Gasteiger partial charge on any atom is 0.236 e. The van der Waals surface area contributed by atoms with Gasteiger partial charge in [-0.1, -0.05) is 13.8 Å². The molecule has 3 nitrogen and oxygen atoms in total. The Morgan fingerprint density at radius 2 is 1.75 bits per heavy atom. The zero-order valence-electron chi connectivity index (χ0n) is 11.9. The van der Waals surface area contributed by atoms with Crippen molar-refractivity contribution in [1.82, 2.24) is 10.2 Å². The third-order valence-electron chi connectivity index (χ3n) is 2.64. The molecule has 0 aromatic heterocycles. The van der Waals surface area contributed by atoms with E-state index in [4.69, 9.17) is 0 Å². The number of rotatable bonds is 5. The molecule has 1 atom stereocenters. The Hall–Kier alpha value is -0.570. The van der Waals surface area contributed by atoms with Crippen molar-refractivity contribution in [3.8, 4) is 0 Å². The first kappa shape index (κ1) is 15.4. The quantitative estimate of drug-likeness (QED) is 0.783. The van der Waals surface area contributed by atoms with Gasteiger partial charge in [0.05, 0.1) is 6.54 Å². The van der Waals surface area contributed by atoms with Crippen LogP contribution >= 0.6 is 0 Å². The van der Waals surface area contributed by atoms with Crippen LogP contribution in [0, 0.1) is 5.92 Å². The number of nitrogens with one attached hydrogen (secondary N) is 1. The highest BCUT2D eigenvalue weighted by atomic mass is 16.2. The van der Waals surface area contributed by atoms with Crippen LogP contribution in [0.3, 0.4) is 0 Å². The van der Waals surface area contributed by atoms with Gasteiger partial charge in [0.1, 0.15) is 0 Å². The van der Waals surface area contributed by atoms with Crippen LogP contribution < -0.4 is 5.32 Å². The topological polar surface area (TPSA) is 32.3 Å². The number of likely N-dealkylation sites (N-methyl/N-ethyl adjacent to an activating group) is 1. The molecular formula is C13H28N2O. The highest BCUT2D eigenvalue weighted by molar-refractivity contribution is 5.78. The van der Waals surface area contributed by atoms with Crippen LogP contribution in [0.5, 0.6) is 0 Å². The Morgan fingerprint density at radius 3 is 2.12 bits per heavy atom. The highest BCUT2D eigenvalue weighted by Crippen LogP contribution is 2.09. The fraction of sp³-hybridized carbons (Fsp3) is 0.923. The summed E-state index contributed by atoms with van der Waals surface area (Å²) in [7, 11) is 1.89. The molecule has 16 heavy (non-hydrogen) atoms. The van der Waals surface area contributed by atoms with Crippen LogP contribution in [0.2, 0.25) is 0 Å². The molecule has 0 aromatic rings. The number of amides is 1. The molecule has 0 radical (unpaired) electrons. The maximum atomic E-state index is 11.9. The van der Waals surface area contributed by atoms with E-state index in [9.17, 15) is 4.79 Å². The molecule has 0 rings (SSSR count). The van der Waals surface area contributed by atoms with E-state index in [1.807, 2.05) is 11.9 Å². The van der Waals surface area contributed by atoms with Crippen LogP contribution in [0.1, 0.15) is 48.0 Å². The van der Waals surface area contributed by atoms with Crippen LogP contribution in [-0.4, -0.2) is 36.0 Å². The first-order chi connectivity index (χ1) is 7.13. The van der Waals surface area contributed by atoms with Gasteiger partial charge in [0, 0.05) is 18.6 Å². The Labute approximate surface area is 101 Å². The van der Waals surface area contributed by atoms with Crippen molar-refractivity contribution in [1.29, 1.82) is 0 Å². The summed E-state index contributed by atoms with van der Waals surface area (Å²) in [6, 6.07) is 0.314. The molecule has 0 saturated heterocycles. The average molecular weight is 228 g/mol. The monoisotopic (exact) mass is 228 g/mol. The van der Waals surface area contributed by atoms with Crippen molar-refractivity contribution < 1.29 is 4.79 Å². The van der Waals surface area contributed by atoms with E-state index in [2.05, 4.69) is 46.9 Å². The van der Waals surface area contributed by atoms with E-state index in [1.165, 1.54) is 0 Å². The summed E-state index contributed by atoms with van der Waals surface area (Å²) in [6.45, 7) is 13.1. The molecule has 1 amide bonds. The minimum absolute atomic E-state index is 0.00220. The molecule has 0 aromatic carbocycles. The second-order valence-corrected chi connectivity index (χ2v) is 6.09. The smallest absolute Gasteiger partial charge is 0.236 e. The van der Waals surface area contributed by atoms with E-state index in [0.29, 0.717) is 18.5 Å². The number of carbonyl (C=O) groups is 1. The van der Waals surface area contributed by atoms with Gasteiger partial charge in [-0.25, -0.2) is 0 Å². The van der Waals surface area contributed by atoms with Crippen molar-refractivity contribution in [2.75, 3.05) is 13.6 Å². The van der Waals surface area contributed by atoms with Gasteiger partial charge in [0.2, 0.25) is 5.91 Å². The Morgan fingerprint density at radius 1 is 1.25 bits per heavy atom. The summed E-state index contributed by atoms with van der Waals surface area (Å²) in [5.74, 6) is 0.795. The normalized spacial score (nSPS) is 14.0. The Bertz CT molecular complexity index is 218. The van der Waals surface area contributed by atoms with Gasteiger partial charge >= 0.3 is 0 Å². The molecule has 96 valence electrons. The zero-order valence-corrected chi connectivity index (χ0v) is 11.9. The predicted octanol–water partition coefficient (Wildman–Crippen LogP) is 2.27. The van der Waals surface area contributed by atoms with Crippen molar-refractivity contribution >= 4 is 5.91 Å². The molecule has 0 aliphatic rings. The SMILES string of the molecule is CC(C)CC(C)N(C)C(=O)CNC(C)(C)C. The van der Waals surface area contributed by atoms with Crippen LogP contribution in [0.4, 0.5) is 0 Å². The van der Waals surface area contributed by atoms with Gasteiger partial charge in [-0.15, -0.1) is 0 Å². The van der Waals surface area contributed by atoms with Gasteiger partial charge in [0.25, 0.3) is 0 Å². The molecule has 3 heteroatoms. The zero-order chi connectivity index (χ0) is 12.9. The molecule has 0 aliphatic carbocycles. The Kier molecular flexibility index (Phi) is 6.01. The van der Waals surface area contributed by atoms with Crippen molar-refractivity contribution in [2.24, 2.45) is 5.92 Å². The fourth-order valence-electron chi connectivity index (χ4n) is 1.55. The van der Waals surface area contributed by atoms with Crippen LogP contribution in [0.15, 0.2) is 0 Å². The van der Waals surface area contributed by atoms with Crippen molar-refractivity contribution in [2.45, 2.75) is 59.5 Å². The summed E-state index contributed by atoms with van der Waals surface area (Å²) in [5, 5.41) is 3.22. The lowest BCUT2D eigenvalue weighted by atomic mass is 10.0. The number of hydrogen-bond donors (Lipinski definition) is 1. The first-order valence-corrected chi connectivity index (χ1v) is 6.14. The fourth-order valence-corrected chi connectivity index (χ4v) is 1.55. The van der Waals surface area contributed by atoms with E-state index >= 15 is 0 Å². The van der Waals surface area contributed by atoms with Gasteiger partial charge in [-0.05, 0) is 40.0 Å². The van der Waals surface area contributed by atoms with Crippen molar-refractivity contribution in [3.63, 3.8) is 0 Å².